The van der Waals surface area contributed by atoms with Crippen molar-refractivity contribution in [3.8, 4) is 17.2 Å². The zero-order valence-electron chi connectivity index (χ0n) is 17.3. The van der Waals surface area contributed by atoms with E-state index in [1.165, 1.54) is 11.3 Å². The number of hydrogen-bond donors (Lipinski definition) is 2. The number of methoxy groups -OCH3 is 1. The predicted molar refractivity (Wildman–Crippen MR) is 120 cm³/mol. The molecule has 8 nitrogen and oxygen atoms in total. The number of benzene rings is 2. The van der Waals surface area contributed by atoms with Crippen LogP contribution in [0, 0.1) is 0 Å². The van der Waals surface area contributed by atoms with Crippen molar-refractivity contribution in [2.75, 3.05) is 24.5 Å². The number of rotatable bonds is 5. The molecule has 32 heavy (non-hydrogen) atoms. The van der Waals surface area contributed by atoms with E-state index < -0.39 is 0 Å². The molecular weight excluding hydrogens is 430 g/mol. The Balaban J connectivity index is 1.33. The molecule has 0 fully saturated rings. The van der Waals surface area contributed by atoms with Crippen molar-refractivity contribution in [3.05, 3.63) is 58.6 Å². The van der Waals surface area contributed by atoms with Gasteiger partial charge in [-0.2, -0.15) is 0 Å². The Hall–Kier alpha value is -3.59. The van der Waals surface area contributed by atoms with E-state index in [4.69, 9.17) is 14.2 Å². The van der Waals surface area contributed by atoms with Gasteiger partial charge in [-0.3, -0.25) is 14.9 Å². The Morgan fingerprint density at radius 3 is 2.84 bits per heavy atom. The number of anilines is 2. The van der Waals surface area contributed by atoms with E-state index in [9.17, 15) is 9.59 Å². The van der Waals surface area contributed by atoms with Crippen LogP contribution >= 0.6 is 11.3 Å². The van der Waals surface area contributed by atoms with Gasteiger partial charge in [0.15, 0.2) is 16.6 Å². The molecule has 0 bridgehead atoms. The highest BCUT2D eigenvalue weighted by molar-refractivity contribution is 7.16. The molecule has 1 aliphatic heterocycles. The Labute approximate surface area is 188 Å². The first-order chi connectivity index (χ1) is 15.6. The molecule has 1 aromatic heterocycles. The van der Waals surface area contributed by atoms with E-state index in [1.54, 1.807) is 37.4 Å². The summed E-state index contributed by atoms with van der Waals surface area (Å²) in [7, 11) is 1.57. The van der Waals surface area contributed by atoms with E-state index >= 15 is 0 Å². The SMILES string of the molecule is COc1ccccc1NC(=O)C1CCCc2sc(NC(=O)c3ccc4c(c3)OCO4)nc21. The van der Waals surface area contributed by atoms with Gasteiger partial charge < -0.3 is 19.5 Å². The van der Waals surface area contributed by atoms with Crippen molar-refractivity contribution in [1.29, 1.82) is 0 Å². The topological polar surface area (TPSA) is 98.8 Å². The third-order valence-corrected chi connectivity index (χ3v) is 6.54. The second-order valence-electron chi connectivity index (χ2n) is 7.48. The van der Waals surface area contributed by atoms with Crippen LogP contribution in [0.4, 0.5) is 10.8 Å². The second-order valence-corrected chi connectivity index (χ2v) is 8.57. The molecule has 0 radical (unpaired) electrons. The molecular formula is C23H21N3O5S. The molecule has 0 saturated heterocycles. The number of fused-ring (bicyclic) bond motifs is 2. The van der Waals surface area contributed by atoms with Gasteiger partial charge in [-0.25, -0.2) is 4.98 Å². The van der Waals surface area contributed by atoms with Crippen LogP contribution in [0.1, 0.15) is 39.7 Å². The van der Waals surface area contributed by atoms with Gasteiger partial charge in [0, 0.05) is 10.4 Å². The standard InChI is InChI=1S/C23H21N3O5S/c1-29-16-7-3-2-6-15(16)24-22(28)14-5-4-8-19-20(14)25-23(32-19)26-21(27)13-9-10-17-18(11-13)31-12-30-17/h2-3,6-7,9-11,14H,4-5,8,12H2,1H3,(H,24,28)(H,25,26,27). The first-order valence-electron chi connectivity index (χ1n) is 10.3. The van der Waals surface area contributed by atoms with Gasteiger partial charge in [0.1, 0.15) is 5.75 Å². The first-order valence-corrected chi connectivity index (χ1v) is 11.1. The summed E-state index contributed by atoms with van der Waals surface area (Å²) in [5.74, 6) is 0.973. The summed E-state index contributed by atoms with van der Waals surface area (Å²) in [4.78, 5) is 31.4. The molecule has 5 rings (SSSR count). The highest BCUT2D eigenvalue weighted by atomic mass is 32.1. The Bertz CT molecular complexity index is 1190. The van der Waals surface area contributed by atoms with Crippen LogP contribution < -0.4 is 24.8 Å². The number of hydrogen-bond acceptors (Lipinski definition) is 7. The average Bonchev–Trinajstić information content (AvgIpc) is 3.44. The summed E-state index contributed by atoms with van der Waals surface area (Å²) in [6.07, 6.45) is 2.42. The second kappa shape index (κ2) is 8.51. The molecule has 1 atom stereocenters. The third-order valence-electron chi connectivity index (χ3n) is 5.49. The molecule has 164 valence electrons. The van der Waals surface area contributed by atoms with Gasteiger partial charge >= 0.3 is 0 Å². The molecule has 2 N–H and O–H groups in total. The average molecular weight is 452 g/mol. The summed E-state index contributed by atoms with van der Waals surface area (Å²) in [6.45, 7) is 0.151. The maximum absolute atomic E-state index is 13.0. The number of carbonyl (C=O) groups is 2. The maximum Gasteiger partial charge on any atom is 0.257 e. The van der Waals surface area contributed by atoms with Crippen molar-refractivity contribution < 1.29 is 23.8 Å². The number of nitrogens with one attached hydrogen (secondary N) is 2. The summed E-state index contributed by atoms with van der Waals surface area (Å²) < 4.78 is 16.0. The van der Waals surface area contributed by atoms with Crippen LogP contribution in [0.2, 0.25) is 0 Å². The number of para-hydroxylation sites is 2. The number of aromatic nitrogens is 1. The lowest BCUT2D eigenvalue weighted by Crippen LogP contribution is -2.24. The molecule has 9 heteroatoms. The maximum atomic E-state index is 13.0. The van der Waals surface area contributed by atoms with E-state index in [0.717, 1.165) is 23.4 Å². The van der Waals surface area contributed by atoms with Gasteiger partial charge in [-0.15, -0.1) is 11.3 Å². The summed E-state index contributed by atoms with van der Waals surface area (Å²) in [6, 6.07) is 12.3. The lowest BCUT2D eigenvalue weighted by atomic mass is 9.90. The van der Waals surface area contributed by atoms with Crippen molar-refractivity contribution in [1.82, 2.24) is 4.98 Å². The van der Waals surface area contributed by atoms with Gasteiger partial charge in [0.05, 0.1) is 24.4 Å². The van der Waals surface area contributed by atoms with Gasteiger partial charge in [0.25, 0.3) is 5.91 Å². The molecule has 1 aliphatic carbocycles. The molecule has 2 aromatic carbocycles. The molecule has 1 unspecified atom stereocenters. The van der Waals surface area contributed by atoms with E-state index in [0.29, 0.717) is 40.1 Å². The fourth-order valence-electron chi connectivity index (χ4n) is 3.90. The predicted octanol–water partition coefficient (Wildman–Crippen LogP) is 4.19. The van der Waals surface area contributed by atoms with Crippen molar-refractivity contribution >= 4 is 34.0 Å². The fourth-order valence-corrected chi connectivity index (χ4v) is 4.96. The minimum atomic E-state index is -0.379. The lowest BCUT2D eigenvalue weighted by molar-refractivity contribution is -0.118. The number of amides is 2. The van der Waals surface area contributed by atoms with Crippen LogP contribution in [0.5, 0.6) is 17.2 Å². The van der Waals surface area contributed by atoms with Crippen LogP contribution in [0.15, 0.2) is 42.5 Å². The van der Waals surface area contributed by atoms with Gasteiger partial charge in [-0.05, 0) is 49.6 Å². The largest absolute Gasteiger partial charge is 0.495 e. The molecule has 0 spiro atoms. The third kappa shape index (κ3) is 3.87. The highest BCUT2D eigenvalue weighted by Crippen LogP contribution is 2.38. The number of nitrogens with zero attached hydrogens (tertiary/aromatic N) is 1. The normalized spacial score (nSPS) is 16.2. The lowest BCUT2D eigenvalue weighted by Gasteiger charge is -2.21. The van der Waals surface area contributed by atoms with Crippen LogP contribution in [-0.4, -0.2) is 30.7 Å². The zero-order valence-corrected chi connectivity index (χ0v) is 18.2. The fraction of sp³-hybridized carbons (Fsp3) is 0.261. The van der Waals surface area contributed by atoms with Crippen LogP contribution in [0.3, 0.4) is 0 Å². The quantitative estimate of drug-likeness (QED) is 0.604. The zero-order chi connectivity index (χ0) is 22.1. The van der Waals surface area contributed by atoms with Crippen molar-refractivity contribution in [2.24, 2.45) is 0 Å². The molecule has 2 heterocycles. The number of ether oxygens (including phenoxy) is 3. The van der Waals surface area contributed by atoms with Gasteiger partial charge in [0.2, 0.25) is 12.7 Å². The minimum Gasteiger partial charge on any atom is -0.495 e. The van der Waals surface area contributed by atoms with Crippen LogP contribution in [0.25, 0.3) is 0 Å². The van der Waals surface area contributed by atoms with Gasteiger partial charge in [-0.1, -0.05) is 12.1 Å². The number of aryl methyl sites for hydroxylation is 1. The Morgan fingerprint density at radius 1 is 1.12 bits per heavy atom. The molecule has 3 aromatic rings. The Kier molecular flexibility index (Phi) is 5.40. The summed E-state index contributed by atoms with van der Waals surface area (Å²) in [5, 5.41) is 6.30. The highest BCUT2D eigenvalue weighted by Gasteiger charge is 2.31. The smallest absolute Gasteiger partial charge is 0.257 e. The molecule has 2 aliphatic rings. The van der Waals surface area contributed by atoms with Crippen molar-refractivity contribution in [2.45, 2.75) is 25.2 Å². The van der Waals surface area contributed by atoms with E-state index in [-0.39, 0.29) is 24.5 Å². The van der Waals surface area contributed by atoms with E-state index in [2.05, 4.69) is 15.6 Å². The summed E-state index contributed by atoms with van der Waals surface area (Å²) >= 11 is 1.42. The Morgan fingerprint density at radius 2 is 1.97 bits per heavy atom. The monoisotopic (exact) mass is 451 g/mol. The molecule has 0 saturated carbocycles. The summed E-state index contributed by atoms with van der Waals surface area (Å²) in [5.41, 5.74) is 1.81. The number of carbonyl (C=O) groups excluding carboxylic acids is 2. The van der Waals surface area contributed by atoms with E-state index in [1.807, 2.05) is 12.1 Å². The number of thiazole rings is 1. The van der Waals surface area contributed by atoms with Crippen LogP contribution in [-0.2, 0) is 11.2 Å². The first kappa shape index (κ1) is 20.3. The molecule has 2 amide bonds. The van der Waals surface area contributed by atoms with Crippen molar-refractivity contribution in [3.63, 3.8) is 0 Å². The minimum absolute atomic E-state index is 0.130.